The summed E-state index contributed by atoms with van der Waals surface area (Å²) in [6.07, 6.45) is 2.24. The molecule has 1 N–H and O–H groups in total. The van der Waals surface area contributed by atoms with E-state index in [2.05, 4.69) is 87.7 Å². The van der Waals surface area contributed by atoms with Gasteiger partial charge in [-0.1, -0.05) is 66.7 Å². The molecule has 0 saturated carbocycles. The lowest BCUT2D eigenvalue weighted by molar-refractivity contribution is -0.117. The third-order valence-corrected chi connectivity index (χ3v) is 6.97. The molecule has 1 amide bonds. The molecule has 35 heavy (non-hydrogen) atoms. The minimum absolute atomic E-state index is 0.0442. The van der Waals surface area contributed by atoms with E-state index in [-0.39, 0.29) is 18.0 Å². The van der Waals surface area contributed by atoms with Crippen LogP contribution in [0.25, 0.3) is 10.9 Å². The van der Waals surface area contributed by atoms with E-state index >= 15 is 0 Å². The summed E-state index contributed by atoms with van der Waals surface area (Å²) in [6, 6.07) is 31.7. The van der Waals surface area contributed by atoms with Gasteiger partial charge in [0.25, 0.3) is 0 Å². The molecule has 5 rings (SSSR count). The summed E-state index contributed by atoms with van der Waals surface area (Å²) in [4.78, 5) is 22.3. The second-order valence-electron chi connectivity index (χ2n) is 9.27. The predicted molar refractivity (Wildman–Crippen MR) is 142 cm³/mol. The maximum absolute atomic E-state index is 12.9. The fraction of sp³-hybridized carbons (Fsp3) is 0.267. The number of piperazine rings is 1. The summed E-state index contributed by atoms with van der Waals surface area (Å²) < 4.78 is 0. The number of pyridine rings is 1. The van der Waals surface area contributed by atoms with Crippen molar-refractivity contribution < 1.29 is 4.79 Å². The van der Waals surface area contributed by atoms with E-state index in [4.69, 9.17) is 0 Å². The Balaban J connectivity index is 1.21. The SMILES string of the molecule is CC(CC(=O)Nc1cccc2ncccc12)N1CCN(C(c2ccccc2)c2ccccc2)CC1. The van der Waals surface area contributed by atoms with Gasteiger partial charge in [-0.15, -0.1) is 0 Å². The summed E-state index contributed by atoms with van der Waals surface area (Å²) >= 11 is 0. The van der Waals surface area contributed by atoms with E-state index in [9.17, 15) is 4.79 Å². The molecule has 3 aromatic carbocycles. The van der Waals surface area contributed by atoms with Crippen LogP contribution in [0, 0.1) is 0 Å². The molecule has 0 bridgehead atoms. The number of nitrogens with zero attached hydrogens (tertiary/aromatic N) is 3. The average molecular weight is 465 g/mol. The van der Waals surface area contributed by atoms with Gasteiger partial charge in [0.15, 0.2) is 0 Å². The van der Waals surface area contributed by atoms with Crippen molar-refractivity contribution in [1.29, 1.82) is 0 Å². The van der Waals surface area contributed by atoms with Crippen LogP contribution in [0.2, 0.25) is 0 Å². The Morgan fingerprint density at radius 2 is 1.43 bits per heavy atom. The molecule has 4 aromatic rings. The molecule has 1 fully saturated rings. The van der Waals surface area contributed by atoms with Crippen molar-refractivity contribution in [3.63, 3.8) is 0 Å². The summed E-state index contributed by atoms with van der Waals surface area (Å²) in [6.45, 7) is 5.99. The molecule has 0 aliphatic carbocycles. The summed E-state index contributed by atoms with van der Waals surface area (Å²) in [7, 11) is 0. The molecular formula is C30H32N4O. The quantitative estimate of drug-likeness (QED) is 0.400. The summed E-state index contributed by atoms with van der Waals surface area (Å²) in [5.74, 6) is 0.0442. The Kier molecular flexibility index (Phi) is 7.17. The third-order valence-electron chi connectivity index (χ3n) is 6.97. The molecule has 5 nitrogen and oxygen atoms in total. The Labute approximate surface area is 207 Å². The van der Waals surface area contributed by atoms with Crippen molar-refractivity contribution in [2.45, 2.75) is 25.4 Å². The third kappa shape index (κ3) is 5.42. The molecule has 1 aromatic heterocycles. The average Bonchev–Trinajstić information content (AvgIpc) is 2.91. The van der Waals surface area contributed by atoms with E-state index in [1.54, 1.807) is 6.20 Å². The molecule has 1 unspecified atom stereocenters. The standard InChI is InChI=1S/C30H32N4O/c1-23(22-29(35)32-28-16-8-15-27-26(28)14-9-17-31-27)33-18-20-34(21-19-33)30(24-10-4-2-5-11-24)25-12-6-3-7-13-25/h2-17,23,30H,18-22H2,1H3,(H,32,35). The molecule has 5 heteroatoms. The van der Waals surface area contributed by atoms with Crippen molar-refractivity contribution >= 4 is 22.5 Å². The number of anilines is 1. The first-order valence-corrected chi connectivity index (χ1v) is 12.4. The number of carbonyl (C=O) groups excluding carboxylic acids is 1. The summed E-state index contributed by atoms with van der Waals surface area (Å²) in [5.41, 5.74) is 4.36. The molecule has 1 saturated heterocycles. The van der Waals surface area contributed by atoms with Crippen LogP contribution < -0.4 is 5.32 Å². The first-order chi connectivity index (χ1) is 17.2. The Bertz CT molecular complexity index is 1210. The fourth-order valence-corrected chi connectivity index (χ4v) is 5.13. The second kappa shape index (κ2) is 10.8. The molecule has 1 atom stereocenters. The Morgan fingerprint density at radius 3 is 2.09 bits per heavy atom. The highest BCUT2D eigenvalue weighted by molar-refractivity contribution is 6.01. The van der Waals surface area contributed by atoms with Gasteiger partial charge in [-0.3, -0.25) is 19.6 Å². The lowest BCUT2D eigenvalue weighted by atomic mass is 9.96. The molecular weight excluding hydrogens is 432 g/mol. The Hall–Kier alpha value is -3.54. The van der Waals surface area contributed by atoms with Crippen LogP contribution in [-0.4, -0.2) is 52.9 Å². The first kappa shape index (κ1) is 23.2. The smallest absolute Gasteiger partial charge is 0.225 e. The minimum Gasteiger partial charge on any atom is -0.325 e. The zero-order valence-electron chi connectivity index (χ0n) is 20.2. The predicted octanol–water partition coefficient (Wildman–Crippen LogP) is 5.36. The largest absolute Gasteiger partial charge is 0.325 e. The van der Waals surface area contributed by atoms with Gasteiger partial charge in [-0.2, -0.15) is 0 Å². The normalized spacial score (nSPS) is 15.8. The van der Waals surface area contributed by atoms with Crippen LogP contribution >= 0.6 is 0 Å². The van der Waals surface area contributed by atoms with Gasteiger partial charge in [-0.25, -0.2) is 0 Å². The molecule has 1 aliphatic heterocycles. The number of carbonyl (C=O) groups is 1. The van der Waals surface area contributed by atoms with Crippen molar-refractivity contribution in [2.24, 2.45) is 0 Å². The summed E-state index contributed by atoms with van der Waals surface area (Å²) in [5, 5.41) is 4.08. The van der Waals surface area contributed by atoms with Crippen LogP contribution in [0.1, 0.15) is 30.5 Å². The first-order valence-electron chi connectivity index (χ1n) is 12.4. The maximum atomic E-state index is 12.9. The van der Waals surface area contributed by atoms with Gasteiger partial charge in [0, 0.05) is 50.2 Å². The zero-order chi connectivity index (χ0) is 24.0. The van der Waals surface area contributed by atoms with Crippen molar-refractivity contribution in [1.82, 2.24) is 14.8 Å². The van der Waals surface area contributed by atoms with Gasteiger partial charge in [0.1, 0.15) is 0 Å². The van der Waals surface area contributed by atoms with Gasteiger partial charge in [0.05, 0.1) is 17.2 Å². The van der Waals surface area contributed by atoms with Gasteiger partial charge in [-0.05, 0) is 42.3 Å². The van der Waals surface area contributed by atoms with Crippen LogP contribution in [0.3, 0.4) is 0 Å². The van der Waals surface area contributed by atoms with E-state index in [0.29, 0.717) is 6.42 Å². The minimum atomic E-state index is 0.0442. The van der Waals surface area contributed by atoms with Gasteiger partial charge < -0.3 is 5.32 Å². The molecule has 0 radical (unpaired) electrons. The van der Waals surface area contributed by atoms with Crippen molar-refractivity contribution in [3.05, 3.63) is 108 Å². The van der Waals surface area contributed by atoms with Crippen LogP contribution in [0.15, 0.2) is 97.2 Å². The van der Waals surface area contributed by atoms with Crippen LogP contribution in [0.5, 0.6) is 0 Å². The topological polar surface area (TPSA) is 48.5 Å². The lowest BCUT2D eigenvalue weighted by Crippen LogP contribution is -2.51. The van der Waals surface area contributed by atoms with Crippen LogP contribution in [-0.2, 0) is 4.79 Å². The number of hydrogen-bond acceptors (Lipinski definition) is 4. The number of rotatable bonds is 7. The van der Waals surface area contributed by atoms with Crippen molar-refractivity contribution in [2.75, 3.05) is 31.5 Å². The lowest BCUT2D eigenvalue weighted by Gasteiger charge is -2.41. The maximum Gasteiger partial charge on any atom is 0.225 e. The fourth-order valence-electron chi connectivity index (χ4n) is 5.13. The Morgan fingerprint density at radius 1 is 0.800 bits per heavy atom. The highest BCUT2D eigenvalue weighted by atomic mass is 16.1. The van der Waals surface area contributed by atoms with E-state index in [1.807, 2.05) is 30.3 Å². The zero-order valence-corrected chi connectivity index (χ0v) is 20.2. The van der Waals surface area contributed by atoms with Crippen molar-refractivity contribution in [3.8, 4) is 0 Å². The van der Waals surface area contributed by atoms with Gasteiger partial charge >= 0.3 is 0 Å². The number of nitrogens with one attached hydrogen (secondary N) is 1. The van der Waals surface area contributed by atoms with E-state index in [0.717, 1.165) is 42.8 Å². The molecule has 0 spiro atoms. The number of amides is 1. The van der Waals surface area contributed by atoms with E-state index in [1.165, 1.54) is 11.1 Å². The molecule has 178 valence electrons. The van der Waals surface area contributed by atoms with Gasteiger partial charge in [0.2, 0.25) is 5.91 Å². The second-order valence-corrected chi connectivity index (χ2v) is 9.27. The molecule has 2 heterocycles. The number of benzene rings is 3. The molecule has 1 aliphatic rings. The monoisotopic (exact) mass is 464 g/mol. The van der Waals surface area contributed by atoms with Crippen LogP contribution in [0.4, 0.5) is 5.69 Å². The highest BCUT2D eigenvalue weighted by Crippen LogP contribution is 2.30. The number of aromatic nitrogens is 1. The number of hydrogen-bond donors (Lipinski definition) is 1. The highest BCUT2D eigenvalue weighted by Gasteiger charge is 2.28. The number of fused-ring (bicyclic) bond motifs is 1. The van der Waals surface area contributed by atoms with E-state index < -0.39 is 0 Å².